The number of rotatable bonds is 1. The minimum Gasteiger partial charge on any atom is -0.387 e. The third-order valence-corrected chi connectivity index (χ3v) is 3.03. The van der Waals surface area contributed by atoms with Crippen LogP contribution in [0.2, 0.25) is 0 Å². The lowest BCUT2D eigenvalue weighted by molar-refractivity contribution is 0.0718. The Hall–Kier alpha value is -1.13. The van der Waals surface area contributed by atoms with Crippen LogP contribution < -0.4 is 10.2 Å². The van der Waals surface area contributed by atoms with Gasteiger partial charge in [0.2, 0.25) is 0 Å². The van der Waals surface area contributed by atoms with Crippen molar-refractivity contribution in [2.24, 2.45) is 0 Å². The molecule has 17 heavy (non-hydrogen) atoms. The Bertz CT molecular complexity index is 395. The third-order valence-electron chi connectivity index (χ3n) is 3.03. The van der Waals surface area contributed by atoms with Gasteiger partial charge in [0, 0.05) is 31.4 Å². The summed E-state index contributed by atoms with van der Waals surface area (Å²) < 4.78 is 13.2. The number of anilines is 1. The molecule has 1 heterocycles. The highest BCUT2D eigenvalue weighted by atomic mass is 19.1. The maximum atomic E-state index is 13.2. The van der Waals surface area contributed by atoms with Gasteiger partial charge in [0.15, 0.2) is 0 Å². The molecule has 2 atom stereocenters. The predicted octanol–water partition coefficient (Wildman–Crippen LogP) is 1.37. The monoisotopic (exact) mass is 238 g/mol. The Morgan fingerprint density at radius 3 is 3.00 bits per heavy atom. The fourth-order valence-corrected chi connectivity index (χ4v) is 2.19. The molecule has 1 aliphatic heterocycles. The lowest BCUT2D eigenvalue weighted by Crippen LogP contribution is -2.43. The van der Waals surface area contributed by atoms with Gasteiger partial charge in [-0.3, -0.25) is 0 Å². The Morgan fingerprint density at radius 2 is 2.29 bits per heavy atom. The molecular formula is C13H19FN2O. The SMILES string of the molecule is CC1CN(c2cccc(F)c2)CC(C)(O)CN1. The predicted molar refractivity (Wildman–Crippen MR) is 66.7 cm³/mol. The van der Waals surface area contributed by atoms with Gasteiger partial charge in [0.05, 0.1) is 5.60 Å². The zero-order valence-electron chi connectivity index (χ0n) is 10.3. The van der Waals surface area contributed by atoms with E-state index in [2.05, 4.69) is 12.2 Å². The van der Waals surface area contributed by atoms with Crippen LogP contribution in [0.5, 0.6) is 0 Å². The summed E-state index contributed by atoms with van der Waals surface area (Å²) in [5, 5.41) is 13.4. The number of hydrogen-bond acceptors (Lipinski definition) is 3. The van der Waals surface area contributed by atoms with Gasteiger partial charge in [-0.1, -0.05) is 6.07 Å². The molecule has 0 aliphatic carbocycles. The van der Waals surface area contributed by atoms with E-state index in [0.29, 0.717) is 13.1 Å². The van der Waals surface area contributed by atoms with Crippen molar-refractivity contribution in [1.29, 1.82) is 0 Å². The number of β-amino-alcohol motifs (C(OH)–C–C–N with tert-alkyl or cyclic N) is 1. The maximum Gasteiger partial charge on any atom is 0.125 e. The van der Waals surface area contributed by atoms with E-state index in [1.165, 1.54) is 12.1 Å². The molecule has 1 aromatic carbocycles. The summed E-state index contributed by atoms with van der Waals surface area (Å²) in [6, 6.07) is 6.78. The van der Waals surface area contributed by atoms with E-state index in [1.54, 1.807) is 13.0 Å². The molecule has 0 aromatic heterocycles. The highest BCUT2D eigenvalue weighted by Gasteiger charge is 2.29. The summed E-state index contributed by atoms with van der Waals surface area (Å²) in [5.74, 6) is -0.244. The van der Waals surface area contributed by atoms with Crippen LogP contribution in [0.25, 0.3) is 0 Å². The van der Waals surface area contributed by atoms with Gasteiger partial charge in [-0.15, -0.1) is 0 Å². The van der Waals surface area contributed by atoms with E-state index in [1.807, 2.05) is 11.0 Å². The van der Waals surface area contributed by atoms with Crippen molar-refractivity contribution < 1.29 is 9.50 Å². The molecule has 1 aromatic rings. The first-order valence-corrected chi connectivity index (χ1v) is 5.92. The van der Waals surface area contributed by atoms with Crippen LogP contribution in [-0.4, -0.2) is 36.4 Å². The standard InChI is InChI=1S/C13H19FN2O/c1-10-7-16(9-13(2,17)8-15-10)12-5-3-4-11(14)6-12/h3-6,10,15,17H,7-9H2,1-2H3. The zero-order valence-corrected chi connectivity index (χ0v) is 10.3. The van der Waals surface area contributed by atoms with Gasteiger partial charge in [-0.2, -0.15) is 0 Å². The van der Waals surface area contributed by atoms with Gasteiger partial charge in [-0.05, 0) is 32.0 Å². The molecule has 94 valence electrons. The molecule has 0 spiro atoms. The highest BCUT2D eigenvalue weighted by molar-refractivity contribution is 5.47. The molecule has 2 N–H and O–H groups in total. The Kier molecular flexibility index (Phi) is 3.35. The molecule has 0 amide bonds. The first-order valence-electron chi connectivity index (χ1n) is 5.92. The molecular weight excluding hydrogens is 219 g/mol. The summed E-state index contributed by atoms with van der Waals surface area (Å²) >= 11 is 0. The van der Waals surface area contributed by atoms with Crippen LogP contribution in [0.3, 0.4) is 0 Å². The molecule has 2 unspecified atom stereocenters. The lowest BCUT2D eigenvalue weighted by Gasteiger charge is -2.29. The van der Waals surface area contributed by atoms with E-state index >= 15 is 0 Å². The molecule has 1 aliphatic rings. The van der Waals surface area contributed by atoms with E-state index in [0.717, 1.165) is 12.2 Å². The Labute approximate surface area is 101 Å². The molecule has 0 saturated carbocycles. The van der Waals surface area contributed by atoms with Gasteiger partial charge >= 0.3 is 0 Å². The van der Waals surface area contributed by atoms with Gasteiger partial charge in [-0.25, -0.2) is 4.39 Å². The van der Waals surface area contributed by atoms with Crippen molar-refractivity contribution in [1.82, 2.24) is 5.32 Å². The van der Waals surface area contributed by atoms with Gasteiger partial charge in [0.1, 0.15) is 5.82 Å². The number of hydrogen-bond donors (Lipinski definition) is 2. The second kappa shape index (κ2) is 4.63. The van der Waals surface area contributed by atoms with Crippen LogP contribution in [-0.2, 0) is 0 Å². The van der Waals surface area contributed by atoms with Crippen molar-refractivity contribution in [3.8, 4) is 0 Å². The molecule has 3 nitrogen and oxygen atoms in total. The van der Waals surface area contributed by atoms with E-state index < -0.39 is 5.60 Å². The summed E-state index contributed by atoms with van der Waals surface area (Å²) in [7, 11) is 0. The highest BCUT2D eigenvalue weighted by Crippen LogP contribution is 2.20. The first kappa shape index (κ1) is 12.3. The normalized spacial score (nSPS) is 30.1. The number of aliphatic hydroxyl groups is 1. The molecule has 4 heteroatoms. The minimum atomic E-state index is -0.795. The number of benzene rings is 1. The minimum absolute atomic E-state index is 0.244. The lowest BCUT2D eigenvalue weighted by atomic mass is 10.1. The topological polar surface area (TPSA) is 35.5 Å². The molecule has 1 saturated heterocycles. The quantitative estimate of drug-likeness (QED) is 0.776. The van der Waals surface area contributed by atoms with Crippen molar-refractivity contribution in [3.63, 3.8) is 0 Å². The smallest absolute Gasteiger partial charge is 0.125 e. The van der Waals surface area contributed by atoms with Crippen molar-refractivity contribution in [2.75, 3.05) is 24.5 Å². The van der Waals surface area contributed by atoms with E-state index in [4.69, 9.17) is 0 Å². The number of nitrogens with zero attached hydrogens (tertiary/aromatic N) is 1. The van der Waals surface area contributed by atoms with Crippen LogP contribution >= 0.6 is 0 Å². The summed E-state index contributed by atoms with van der Waals surface area (Å²) in [6.45, 7) is 5.69. The zero-order chi connectivity index (χ0) is 12.5. The largest absolute Gasteiger partial charge is 0.387 e. The maximum absolute atomic E-state index is 13.2. The molecule has 2 rings (SSSR count). The second-order valence-corrected chi connectivity index (χ2v) is 5.14. The summed E-state index contributed by atoms with van der Waals surface area (Å²) in [6.07, 6.45) is 0. The van der Waals surface area contributed by atoms with Gasteiger partial charge in [0.25, 0.3) is 0 Å². The Morgan fingerprint density at radius 1 is 1.53 bits per heavy atom. The number of halogens is 1. The fourth-order valence-electron chi connectivity index (χ4n) is 2.19. The van der Waals surface area contributed by atoms with Crippen LogP contribution in [0.1, 0.15) is 13.8 Å². The van der Waals surface area contributed by atoms with Crippen LogP contribution in [0, 0.1) is 5.82 Å². The summed E-state index contributed by atoms with van der Waals surface area (Å²) in [4.78, 5) is 2.02. The molecule has 0 radical (unpaired) electrons. The number of nitrogens with one attached hydrogen (secondary N) is 1. The van der Waals surface area contributed by atoms with E-state index in [-0.39, 0.29) is 11.9 Å². The fraction of sp³-hybridized carbons (Fsp3) is 0.538. The third kappa shape index (κ3) is 3.17. The molecule has 0 bridgehead atoms. The second-order valence-electron chi connectivity index (χ2n) is 5.14. The van der Waals surface area contributed by atoms with Crippen LogP contribution in [0.4, 0.5) is 10.1 Å². The van der Waals surface area contributed by atoms with Gasteiger partial charge < -0.3 is 15.3 Å². The van der Waals surface area contributed by atoms with Crippen molar-refractivity contribution in [2.45, 2.75) is 25.5 Å². The Balaban J connectivity index is 2.23. The van der Waals surface area contributed by atoms with E-state index in [9.17, 15) is 9.50 Å². The first-order chi connectivity index (χ1) is 7.96. The van der Waals surface area contributed by atoms with Crippen LogP contribution in [0.15, 0.2) is 24.3 Å². The van der Waals surface area contributed by atoms with Crippen molar-refractivity contribution in [3.05, 3.63) is 30.1 Å². The summed E-state index contributed by atoms with van der Waals surface area (Å²) in [5.41, 5.74) is 0.0256. The molecule has 1 fully saturated rings. The van der Waals surface area contributed by atoms with Crippen molar-refractivity contribution >= 4 is 5.69 Å². The average molecular weight is 238 g/mol. The average Bonchev–Trinajstić information content (AvgIpc) is 2.38.